The highest BCUT2D eigenvalue weighted by molar-refractivity contribution is 7.92. The highest BCUT2D eigenvalue weighted by Crippen LogP contribution is 2.36. The summed E-state index contributed by atoms with van der Waals surface area (Å²) in [5.41, 5.74) is 1.59. The molecule has 17 heavy (non-hydrogen) atoms. The van der Waals surface area contributed by atoms with E-state index in [0.717, 1.165) is 18.4 Å². The molecule has 0 aliphatic carbocycles. The van der Waals surface area contributed by atoms with Crippen molar-refractivity contribution in [3.63, 3.8) is 0 Å². The summed E-state index contributed by atoms with van der Waals surface area (Å²) in [5, 5.41) is -0.215. The van der Waals surface area contributed by atoms with Crippen molar-refractivity contribution in [2.45, 2.75) is 17.7 Å². The SMILES string of the molecule is O=Cc1cccc(N2CC3CC2CS3(=O)=O)c1. The summed E-state index contributed by atoms with van der Waals surface area (Å²) in [6, 6.07) is 7.42. The van der Waals surface area contributed by atoms with Gasteiger partial charge in [-0.1, -0.05) is 12.1 Å². The molecule has 0 aromatic heterocycles. The quantitative estimate of drug-likeness (QED) is 0.732. The second-order valence-corrected chi connectivity index (χ2v) is 7.03. The average Bonchev–Trinajstić information content (AvgIpc) is 2.84. The molecule has 1 aromatic carbocycles. The van der Waals surface area contributed by atoms with Crippen LogP contribution in [-0.2, 0) is 9.84 Å². The summed E-state index contributed by atoms with van der Waals surface area (Å²) in [6.45, 7) is 0.565. The van der Waals surface area contributed by atoms with Crippen molar-refractivity contribution >= 4 is 21.8 Å². The monoisotopic (exact) mass is 251 g/mol. The van der Waals surface area contributed by atoms with Crippen molar-refractivity contribution in [2.24, 2.45) is 0 Å². The molecule has 2 saturated heterocycles. The molecule has 2 bridgehead atoms. The second-order valence-electron chi connectivity index (χ2n) is 4.71. The molecule has 0 radical (unpaired) electrons. The van der Waals surface area contributed by atoms with E-state index in [2.05, 4.69) is 4.90 Å². The van der Waals surface area contributed by atoms with Gasteiger partial charge in [0.05, 0.1) is 11.0 Å². The number of hydrogen-bond acceptors (Lipinski definition) is 4. The number of aldehydes is 1. The summed E-state index contributed by atoms with van der Waals surface area (Å²) < 4.78 is 23.3. The zero-order valence-electron chi connectivity index (χ0n) is 9.24. The Hall–Kier alpha value is -1.36. The number of benzene rings is 1. The highest BCUT2D eigenvalue weighted by atomic mass is 32.2. The van der Waals surface area contributed by atoms with Crippen LogP contribution in [0, 0.1) is 0 Å². The van der Waals surface area contributed by atoms with Crippen LogP contribution >= 0.6 is 0 Å². The molecule has 2 atom stereocenters. The Labute approximate surface area is 100 Å². The summed E-state index contributed by atoms with van der Waals surface area (Å²) in [7, 11) is -2.86. The van der Waals surface area contributed by atoms with E-state index in [1.54, 1.807) is 6.07 Å². The third-order valence-electron chi connectivity index (χ3n) is 3.65. The fraction of sp³-hybridized carbons (Fsp3) is 0.417. The standard InChI is InChI=1S/C12H13NO3S/c14-7-9-2-1-3-10(4-9)13-6-12-5-11(13)8-17(12,15)16/h1-4,7,11-12H,5-6,8H2. The van der Waals surface area contributed by atoms with Gasteiger partial charge in [-0.3, -0.25) is 4.79 Å². The van der Waals surface area contributed by atoms with Crippen LogP contribution in [0.2, 0.25) is 0 Å². The molecule has 2 unspecified atom stereocenters. The normalized spacial score (nSPS) is 29.5. The van der Waals surface area contributed by atoms with Crippen LogP contribution in [0.1, 0.15) is 16.8 Å². The first-order valence-corrected chi connectivity index (χ1v) is 7.35. The number of anilines is 1. The third-order valence-corrected chi connectivity index (χ3v) is 5.85. The van der Waals surface area contributed by atoms with E-state index in [1.165, 1.54) is 0 Å². The van der Waals surface area contributed by atoms with Crippen LogP contribution in [-0.4, -0.2) is 38.3 Å². The zero-order chi connectivity index (χ0) is 12.0. The number of rotatable bonds is 2. The predicted octanol–water partition coefficient (Wildman–Crippen LogP) is 0.875. The maximum Gasteiger partial charge on any atom is 0.156 e. The Morgan fingerprint density at radius 1 is 1.35 bits per heavy atom. The minimum Gasteiger partial charge on any atom is -0.366 e. The molecule has 2 aliphatic heterocycles. The van der Waals surface area contributed by atoms with Gasteiger partial charge < -0.3 is 4.90 Å². The largest absolute Gasteiger partial charge is 0.366 e. The minimum atomic E-state index is -2.86. The molecule has 2 heterocycles. The first-order valence-electron chi connectivity index (χ1n) is 5.63. The highest BCUT2D eigenvalue weighted by Gasteiger charge is 2.48. The number of sulfone groups is 1. The lowest BCUT2D eigenvalue weighted by atomic mass is 10.2. The molecule has 5 heteroatoms. The lowest BCUT2D eigenvalue weighted by molar-refractivity contribution is 0.112. The first kappa shape index (κ1) is 10.8. The Morgan fingerprint density at radius 2 is 2.18 bits per heavy atom. The summed E-state index contributed by atoms with van der Waals surface area (Å²) in [6.07, 6.45) is 1.54. The number of nitrogens with zero attached hydrogens (tertiary/aromatic N) is 1. The van der Waals surface area contributed by atoms with Crippen LogP contribution in [0.3, 0.4) is 0 Å². The van der Waals surface area contributed by atoms with E-state index in [-0.39, 0.29) is 17.0 Å². The molecule has 0 saturated carbocycles. The summed E-state index contributed by atoms with van der Waals surface area (Å²) in [5.74, 6) is 0.253. The van der Waals surface area contributed by atoms with Crippen molar-refractivity contribution in [1.82, 2.24) is 0 Å². The van der Waals surface area contributed by atoms with Gasteiger partial charge in [0, 0.05) is 23.8 Å². The van der Waals surface area contributed by atoms with E-state index < -0.39 is 9.84 Å². The molecule has 0 N–H and O–H groups in total. The molecule has 3 rings (SSSR count). The number of carbonyl (C=O) groups is 1. The average molecular weight is 251 g/mol. The lowest BCUT2D eigenvalue weighted by Crippen LogP contribution is -2.40. The van der Waals surface area contributed by atoms with Gasteiger partial charge >= 0.3 is 0 Å². The van der Waals surface area contributed by atoms with Gasteiger partial charge in [0.25, 0.3) is 0 Å². The van der Waals surface area contributed by atoms with E-state index in [9.17, 15) is 13.2 Å². The molecule has 4 nitrogen and oxygen atoms in total. The van der Waals surface area contributed by atoms with E-state index >= 15 is 0 Å². The maximum atomic E-state index is 11.6. The number of fused-ring (bicyclic) bond motifs is 2. The summed E-state index contributed by atoms with van der Waals surface area (Å²) >= 11 is 0. The predicted molar refractivity (Wildman–Crippen MR) is 65.2 cm³/mol. The van der Waals surface area contributed by atoms with Gasteiger partial charge in [-0.2, -0.15) is 0 Å². The molecule has 1 aromatic rings. The fourth-order valence-corrected chi connectivity index (χ4v) is 4.82. The molecular formula is C12H13NO3S. The molecule has 2 aliphatic rings. The van der Waals surface area contributed by atoms with E-state index in [0.29, 0.717) is 12.1 Å². The van der Waals surface area contributed by atoms with Crippen LogP contribution in [0.5, 0.6) is 0 Å². The summed E-state index contributed by atoms with van der Waals surface area (Å²) in [4.78, 5) is 12.8. The number of carbonyl (C=O) groups excluding carboxylic acids is 1. The third kappa shape index (κ3) is 1.65. The Bertz CT molecular complexity index is 567. The first-order chi connectivity index (χ1) is 8.10. The van der Waals surface area contributed by atoms with Crippen LogP contribution < -0.4 is 4.90 Å². The van der Waals surface area contributed by atoms with Gasteiger partial charge in [-0.25, -0.2) is 8.42 Å². The van der Waals surface area contributed by atoms with Crippen LogP contribution in [0.15, 0.2) is 24.3 Å². The van der Waals surface area contributed by atoms with Crippen molar-refractivity contribution < 1.29 is 13.2 Å². The topological polar surface area (TPSA) is 54.5 Å². The molecule has 90 valence electrons. The number of hydrogen-bond donors (Lipinski definition) is 0. The van der Waals surface area contributed by atoms with E-state index in [4.69, 9.17) is 0 Å². The Morgan fingerprint density at radius 3 is 2.76 bits per heavy atom. The molecule has 0 amide bonds. The Kier molecular flexibility index (Phi) is 2.26. The Balaban J connectivity index is 1.91. The van der Waals surface area contributed by atoms with Crippen LogP contribution in [0.25, 0.3) is 0 Å². The smallest absolute Gasteiger partial charge is 0.156 e. The van der Waals surface area contributed by atoms with Crippen LogP contribution in [0.4, 0.5) is 5.69 Å². The molecular weight excluding hydrogens is 238 g/mol. The fourth-order valence-electron chi connectivity index (χ4n) is 2.79. The van der Waals surface area contributed by atoms with Gasteiger partial charge in [0.1, 0.15) is 6.29 Å². The van der Waals surface area contributed by atoms with E-state index in [1.807, 2.05) is 18.2 Å². The van der Waals surface area contributed by atoms with Gasteiger partial charge in [0.15, 0.2) is 9.84 Å². The van der Waals surface area contributed by atoms with Gasteiger partial charge in [0.2, 0.25) is 0 Å². The van der Waals surface area contributed by atoms with Gasteiger partial charge in [-0.15, -0.1) is 0 Å². The zero-order valence-corrected chi connectivity index (χ0v) is 10.1. The van der Waals surface area contributed by atoms with Crippen molar-refractivity contribution in [1.29, 1.82) is 0 Å². The van der Waals surface area contributed by atoms with Gasteiger partial charge in [-0.05, 0) is 18.6 Å². The molecule has 0 spiro atoms. The van der Waals surface area contributed by atoms with Crippen molar-refractivity contribution in [3.8, 4) is 0 Å². The van der Waals surface area contributed by atoms with Crippen molar-refractivity contribution in [3.05, 3.63) is 29.8 Å². The van der Waals surface area contributed by atoms with Crippen molar-refractivity contribution in [2.75, 3.05) is 17.2 Å². The molecule has 2 fully saturated rings. The maximum absolute atomic E-state index is 11.6. The second kappa shape index (κ2) is 3.57. The lowest BCUT2D eigenvalue weighted by Gasteiger charge is -2.29. The minimum absolute atomic E-state index is 0.0897.